The molecule has 0 saturated carbocycles. The number of thiazole rings is 1. The lowest BCUT2D eigenvalue weighted by molar-refractivity contribution is -0.136. The summed E-state index contributed by atoms with van der Waals surface area (Å²) < 4.78 is 7.29. The smallest absolute Gasteiger partial charge is 0.351 e. The van der Waals surface area contributed by atoms with Crippen molar-refractivity contribution in [2.75, 3.05) is 18.1 Å². The Labute approximate surface area is 166 Å². The average molecular weight is 395 g/mol. The van der Waals surface area contributed by atoms with Gasteiger partial charge < -0.3 is 9.64 Å². The summed E-state index contributed by atoms with van der Waals surface area (Å²) in [6.07, 6.45) is 3.89. The van der Waals surface area contributed by atoms with E-state index in [4.69, 9.17) is 4.74 Å². The van der Waals surface area contributed by atoms with Crippen molar-refractivity contribution < 1.29 is 9.53 Å². The fourth-order valence-electron chi connectivity index (χ4n) is 3.23. The van der Waals surface area contributed by atoms with Gasteiger partial charge in [0, 0.05) is 18.8 Å². The van der Waals surface area contributed by atoms with Gasteiger partial charge in [-0.05, 0) is 38.5 Å². The molecule has 1 aliphatic heterocycles. The van der Waals surface area contributed by atoms with Gasteiger partial charge in [-0.1, -0.05) is 24.3 Å². The topological polar surface area (TPSA) is 75.3 Å². The van der Waals surface area contributed by atoms with Crippen LogP contribution >= 0.6 is 11.3 Å². The van der Waals surface area contributed by atoms with E-state index < -0.39 is 5.97 Å². The van der Waals surface area contributed by atoms with Crippen LogP contribution in [0.1, 0.15) is 26.3 Å². The van der Waals surface area contributed by atoms with Gasteiger partial charge in [-0.2, -0.15) is 5.26 Å². The van der Waals surface area contributed by atoms with Crippen molar-refractivity contribution in [1.82, 2.24) is 4.57 Å². The van der Waals surface area contributed by atoms with Crippen LogP contribution in [0.15, 0.2) is 35.1 Å². The van der Waals surface area contributed by atoms with Gasteiger partial charge in [-0.3, -0.25) is 9.36 Å². The van der Waals surface area contributed by atoms with E-state index in [0.717, 1.165) is 28.3 Å². The molecule has 1 aromatic heterocycles. The second-order valence-corrected chi connectivity index (χ2v) is 7.01. The maximum atomic E-state index is 13.1. The van der Waals surface area contributed by atoms with Crippen LogP contribution in [0.4, 0.5) is 5.69 Å². The molecule has 2 aromatic rings. The summed E-state index contributed by atoms with van der Waals surface area (Å²) >= 11 is 1.16. The first-order valence-corrected chi connectivity index (χ1v) is 9.99. The Bertz CT molecular complexity index is 1160. The lowest BCUT2D eigenvalue weighted by Crippen LogP contribution is -2.36. The lowest BCUT2D eigenvalue weighted by atomic mass is 10.1. The van der Waals surface area contributed by atoms with Crippen LogP contribution in [0.2, 0.25) is 0 Å². The molecule has 0 fully saturated rings. The lowest BCUT2D eigenvalue weighted by Gasteiger charge is -2.28. The molecule has 1 aromatic carbocycles. The number of esters is 1. The van der Waals surface area contributed by atoms with E-state index in [1.807, 2.05) is 56.3 Å². The fraction of sp³-hybridized carbons (Fsp3) is 0.286. The summed E-state index contributed by atoms with van der Waals surface area (Å²) in [6, 6.07) is 9.89. The van der Waals surface area contributed by atoms with Crippen molar-refractivity contribution in [3.05, 3.63) is 55.5 Å². The van der Waals surface area contributed by atoms with Gasteiger partial charge in [0.15, 0.2) is 5.57 Å². The van der Waals surface area contributed by atoms with Crippen LogP contribution < -0.4 is 19.7 Å². The predicted octanol–water partition coefficient (Wildman–Crippen LogP) is 1.83. The molecule has 28 heavy (non-hydrogen) atoms. The highest BCUT2D eigenvalue weighted by Gasteiger charge is 2.21. The number of carbonyl (C=O) groups excluding carboxylic acids is 1. The third kappa shape index (κ3) is 3.27. The Morgan fingerprint density at radius 1 is 1.18 bits per heavy atom. The number of ether oxygens (including phenoxy) is 1. The zero-order valence-electron chi connectivity index (χ0n) is 16.1. The molecule has 7 heteroatoms. The fourth-order valence-corrected chi connectivity index (χ4v) is 4.46. The first kappa shape index (κ1) is 19.6. The van der Waals surface area contributed by atoms with Crippen LogP contribution in [0.5, 0.6) is 0 Å². The number of fused-ring (bicyclic) bond motifs is 1. The highest BCUT2D eigenvalue weighted by molar-refractivity contribution is 7.07. The average Bonchev–Trinajstić information content (AvgIpc) is 3.03. The minimum absolute atomic E-state index is 0.138. The normalized spacial score (nSPS) is 15.7. The maximum absolute atomic E-state index is 13.1. The van der Waals surface area contributed by atoms with Gasteiger partial charge in [0.1, 0.15) is 15.3 Å². The highest BCUT2D eigenvalue weighted by atomic mass is 32.1. The molecule has 3 rings (SSSR count). The molecule has 0 N–H and O–H groups in total. The molecule has 0 atom stereocenters. The number of para-hydroxylation sites is 1. The van der Waals surface area contributed by atoms with Gasteiger partial charge in [0.2, 0.25) is 0 Å². The quantitative estimate of drug-likeness (QED) is 0.739. The maximum Gasteiger partial charge on any atom is 0.351 e. The number of carbonyl (C=O) groups is 1. The SMILES string of the molecule is CCOC(=O)C(C#N)=c1sc(=C2C=Cc3ccccc3N2CC)c(=O)n1CC. The van der Waals surface area contributed by atoms with Gasteiger partial charge in [0.25, 0.3) is 5.56 Å². The van der Waals surface area contributed by atoms with Crippen LogP contribution in [-0.4, -0.2) is 23.7 Å². The van der Waals surface area contributed by atoms with Crippen molar-refractivity contribution >= 4 is 40.3 Å². The minimum atomic E-state index is -0.707. The largest absolute Gasteiger partial charge is 0.462 e. The summed E-state index contributed by atoms with van der Waals surface area (Å²) in [5, 5.41) is 9.51. The van der Waals surface area contributed by atoms with E-state index in [0.29, 0.717) is 22.3 Å². The third-order valence-corrected chi connectivity index (χ3v) is 5.70. The van der Waals surface area contributed by atoms with Crippen molar-refractivity contribution in [3.63, 3.8) is 0 Å². The van der Waals surface area contributed by atoms with Crippen LogP contribution in [0.3, 0.4) is 0 Å². The Kier molecular flexibility index (Phi) is 5.81. The van der Waals surface area contributed by atoms with E-state index in [1.54, 1.807) is 6.92 Å². The summed E-state index contributed by atoms with van der Waals surface area (Å²) in [5.41, 5.74) is 2.52. The Hall–Kier alpha value is -3.11. The van der Waals surface area contributed by atoms with Gasteiger partial charge in [-0.15, -0.1) is 11.3 Å². The van der Waals surface area contributed by atoms with Crippen LogP contribution in [-0.2, 0) is 16.1 Å². The Morgan fingerprint density at radius 2 is 1.93 bits per heavy atom. The molecule has 6 nitrogen and oxygen atoms in total. The molecule has 0 unspecified atom stereocenters. The second kappa shape index (κ2) is 8.28. The third-order valence-electron chi connectivity index (χ3n) is 4.49. The van der Waals surface area contributed by atoms with Crippen molar-refractivity contribution in [2.45, 2.75) is 27.3 Å². The molecular weight excluding hydrogens is 374 g/mol. The van der Waals surface area contributed by atoms with E-state index in [1.165, 1.54) is 4.57 Å². The number of anilines is 1. The van der Waals surface area contributed by atoms with E-state index in [9.17, 15) is 14.9 Å². The standard InChI is InChI=1S/C21H21N3O3S/c1-4-23-16-10-8-7-9-14(16)11-12-17(23)18-19(25)24(5-2)20(28-18)15(13-22)21(26)27-6-3/h7-12H,4-6H2,1-3H3. The summed E-state index contributed by atoms with van der Waals surface area (Å²) in [6.45, 7) is 6.72. The molecule has 2 heterocycles. The monoisotopic (exact) mass is 395 g/mol. The van der Waals surface area contributed by atoms with E-state index in [2.05, 4.69) is 4.90 Å². The first-order valence-electron chi connectivity index (χ1n) is 9.17. The van der Waals surface area contributed by atoms with E-state index >= 15 is 0 Å². The number of rotatable bonds is 4. The molecule has 0 saturated heterocycles. The Morgan fingerprint density at radius 3 is 2.57 bits per heavy atom. The predicted molar refractivity (Wildman–Crippen MR) is 111 cm³/mol. The Balaban J connectivity index is 2.36. The highest BCUT2D eigenvalue weighted by Crippen LogP contribution is 2.30. The van der Waals surface area contributed by atoms with Gasteiger partial charge in [-0.25, -0.2) is 4.79 Å². The number of benzene rings is 1. The molecule has 1 aliphatic rings. The number of nitrogens with zero attached hydrogens (tertiary/aromatic N) is 3. The first-order chi connectivity index (χ1) is 13.6. The molecule has 0 bridgehead atoms. The van der Waals surface area contributed by atoms with Crippen molar-refractivity contribution in [1.29, 1.82) is 5.26 Å². The van der Waals surface area contributed by atoms with Crippen molar-refractivity contribution in [2.24, 2.45) is 0 Å². The zero-order valence-corrected chi connectivity index (χ0v) is 16.9. The molecule has 144 valence electrons. The van der Waals surface area contributed by atoms with Crippen LogP contribution in [0.25, 0.3) is 17.3 Å². The van der Waals surface area contributed by atoms with E-state index in [-0.39, 0.29) is 17.7 Å². The number of hydrogen-bond acceptors (Lipinski definition) is 6. The molecular formula is C21H21N3O3S. The zero-order chi connectivity index (χ0) is 20.3. The van der Waals surface area contributed by atoms with Gasteiger partial charge in [0.05, 0.1) is 12.3 Å². The minimum Gasteiger partial charge on any atom is -0.462 e. The molecule has 0 radical (unpaired) electrons. The molecule has 0 amide bonds. The molecule has 0 aliphatic carbocycles. The van der Waals surface area contributed by atoms with Gasteiger partial charge >= 0.3 is 5.97 Å². The molecule has 0 spiro atoms. The van der Waals surface area contributed by atoms with Crippen molar-refractivity contribution in [3.8, 4) is 6.07 Å². The second-order valence-electron chi connectivity index (χ2n) is 6.01. The number of hydrogen-bond donors (Lipinski definition) is 0. The number of likely N-dealkylation sites (N-methyl/N-ethyl adjacent to an activating group) is 1. The summed E-state index contributed by atoms with van der Waals surface area (Å²) in [7, 11) is 0. The summed E-state index contributed by atoms with van der Waals surface area (Å²) in [4.78, 5) is 27.4. The number of nitriles is 1. The number of aromatic nitrogens is 1. The summed E-state index contributed by atoms with van der Waals surface area (Å²) in [5.74, 6) is -0.707. The van der Waals surface area contributed by atoms with Crippen LogP contribution in [0, 0.1) is 11.3 Å².